The summed E-state index contributed by atoms with van der Waals surface area (Å²) < 4.78 is 5.23. The van der Waals surface area contributed by atoms with Crippen LogP contribution in [0.5, 0.6) is 5.75 Å². The number of piperazine rings is 2. The molecule has 0 radical (unpaired) electrons. The van der Waals surface area contributed by atoms with E-state index in [-0.39, 0.29) is 11.8 Å². The minimum atomic E-state index is 0.233. The molecule has 0 unspecified atom stereocenters. The van der Waals surface area contributed by atoms with Crippen molar-refractivity contribution in [2.45, 2.75) is 25.8 Å². The van der Waals surface area contributed by atoms with Crippen LogP contribution in [0.1, 0.15) is 24.8 Å². The van der Waals surface area contributed by atoms with E-state index in [1.165, 1.54) is 12.0 Å². The second kappa shape index (κ2) is 11.8. The summed E-state index contributed by atoms with van der Waals surface area (Å²) in [6, 6.07) is 8.21. The van der Waals surface area contributed by atoms with Crippen molar-refractivity contribution in [1.29, 1.82) is 0 Å². The molecule has 0 bridgehead atoms. The van der Waals surface area contributed by atoms with E-state index in [9.17, 15) is 9.59 Å². The van der Waals surface area contributed by atoms with Gasteiger partial charge in [0.1, 0.15) is 5.75 Å². The van der Waals surface area contributed by atoms with E-state index in [0.29, 0.717) is 13.1 Å². The van der Waals surface area contributed by atoms with Crippen LogP contribution in [0, 0.1) is 0 Å². The molecule has 0 aromatic heterocycles. The van der Waals surface area contributed by atoms with Gasteiger partial charge in [0.25, 0.3) is 0 Å². The molecule has 0 N–H and O–H groups in total. The molecule has 3 heterocycles. The maximum Gasteiger partial charge on any atom is 0.236 e. The Hall–Kier alpha value is -2.16. The second-order valence-corrected chi connectivity index (χ2v) is 9.50. The van der Waals surface area contributed by atoms with E-state index in [0.717, 1.165) is 90.6 Å². The van der Waals surface area contributed by atoms with Crippen LogP contribution in [-0.2, 0) is 16.1 Å². The van der Waals surface area contributed by atoms with Gasteiger partial charge in [-0.15, -0.1) is 0 Å². The van der Waals surface area contributed by atoms with Crippen LogP contribution >= 0.6 is 0 Å². The monoisotopic (exact) mass is 457 g/mol. The number of benzene rings is 1. The molecule has 3 aliphatic rings. The Morgan fingerprint density at radius 2 is 1.15 bits per heavy atom. The Morgan fingerprint density at radius 3 is 1.67 bits per heavy atom. The third kappa shape index (κ3) is 6.91. The van der Waals surface area contributed by atoms with Crippen LogP contribution in [0.25, 0.3) is 0 Å². The lowest BCUT2D eigenvalue weighted by Gasteiger charge is -2.38. The molecule has 4 rings (SSSR count). The molecule has 2 amide bonds. The molecule has 0 aliphatic carbocycles. The van der Waals surface area contributed by atoms with Gasteiger partial charge in [-0.05, 0) is 37.0 Å². The summed E-state index contributed by atoms with van der Waals surface area (Å²) in [5, 5.41) is 0. The van der Waals surface area contributed by atoms with E-state index in [1.807, 2.05) is 21.9 Å². The maximum atomic E-state index is 12.8. The van der Waals surface area contributed by atoms with E-state index in [2.05, 4.69) is 26.8 Å². The molecule has 0 spiro atoms. The Balaban J connectivity index is 1.13. The van der Waals surface area contributed by atoms with Crippen molar-refractivity contribution in [1.82, 2.24) is 24.5 Å². The first kappa shape index (κ1) is 24.0. The number of carbonyl (C=O) groups excluding carboxylic acids is 2. The van der Waals surface area contributed by atoms with Gasteiger partial charge in [0.2, 0.25) is 11.8 Å². The lowest BCUT2D eigenvalue weighted by molar-refractivity contribution is -0.136. The Morgan fingerprint density at radius 1 is 0.667 bits per heavy atom. The number of rotatable bonds is 7. The standard InChI is InChI=1S/C25H39N5O3/c1-33-23-7-5-22(6-8-23)19-26-15-17-30(18-16-26)25(32)21-28-13-11-27(12-14-28)20-24(31)29-9-3-2-4-10-29/h5-8H,2-4,9-21H2,1H3. The van der Waals surface area contributed by atoms with Crippen molar-refractivity contribution < 1.29 is 14.3 Å². The lowest BCUT2D eigenvalue weighted by atomic mass is 10.1. The predicted octanol–water partition coefficient (Wildman–Crippen LogP) is 0.970. The number of hydrogen-bond acceptors (Lipinski definition) is 6. The fourth-order valence-corrected chi connectivity index (χ4v) is 4.98. The summed E-state index contributed by atoms with van der Waals surface area (Å²) in [6.45, 7) is 10.6. The summed E-state index contributed by atoms with van der Waals surface area (Å²) >= 11 is 0. The highest BCUT2D eigenvalue weighted by molar-refractivity contribution is 5.79. The average molecular weight is 458 g/mol. The first-order valence-corrected chi connectivity index (χ1v) is 12.5. The number of likely N-dealkylation sites (tertiary alicyclic amines) is 1. The number of carbonyl (C=O) groups is 2. The zero-order valence-corrected chi connectivity index (χ0v) is 20.1. The van der Waals surface area contributed by atoms with Crippen molar-refractivity contribution in [3.05, 3.63) is 29.8 Å². The molecule has 3 aliphatic heterocycles. The zero-order chi connectivity index (χ0) is 23.0. The molecule has 182 valence electrons. The Labute approximate surface area is 198 Å². The first-order chi connectivity index (χ1) is 16.1. The fraction of sp³-hybridized carbons (Fsp3) is 0.680. The van der Waals surface area contributed by atoms with E-state index in [1.54, 1.807) is 7.11 Å². The number of methoxy groups -OCH3 is 1. The SMILES string of the molecule is COc1ccc(CN2CCN(C(=O)CN3CCN(CC(=O)N4CCCCC4)CC3)CC2)cc1. The van der Waals surface area contributed by atoms with Gasteiger partial charge in [0.15, 0.2) is 0 Å². The van der Waals surface area contributed by atoms with Gasteiger partial charge in [0, 0.05) is 72.0 Å². The predicted molar refractivity (Wildman–Crippen MR) is 128 cm³/mol. The highest BCUT2D eigenvalue weighted by Crippen LogP contribution is 2.15. The lowest BCUT2D eigenvalue weighted by Crippen LogP contribution is -2.54. The molecule has 0 atom stereocenters. The first-order valence-electron chi connectivity index (χ1n) is 12.5. The summed E-state index contributed by atoms with van der Waals surface area (Å²) in [7, 11) is 1.68. The van der Waals surface area contributed by atoms with Crippen LogP contribution in [0.15, 0.2) is 24.3 Å². The summed E-state index contributed by atoms with van der Waals surface area (Å²) in [5.74, 6) is 1.38. The molecule has 1 aromatic carbocycles. The summed E-state index contributed by atoms with van der Waals surface area (Å²) in [6.07, 6.45) is 3.52. The zero-order valence-electron chi connectivity index (χ0n) is 20.1. The third-order valence-electron chi connectivity index (χ3n) is 7.18. The normalized spacial score (nSPS) is 21.2. The molecule has 3 saturated heterocycles. The Bertz CT molecular complexity index is 765. The smallest absolute Gasteiger partial charge is 0.236 e. The van der Waals surface area contributed by atoms with E-state index < -0.39 is 0 Å². The summed E-state index contributed by atoms with van der Waals surface area (Å²) in [5.41, 5.74) is 1.27. The molecular weight excluding hydrogens is 418 g/mol. The van der Waals surface area contributed by atoms with Crippen molar-refractivity contribution in [2.75, 3.05) is 85.6 Å². The molecule has 3 fully saturated rings. The quantitative estimate of drug-likeness (QED) is 0.608. The van der Waals surface area contributed by atoms with Gasteiger partial charge >= 0.3 is 0 Å². The fourth-order valence-electron chi connectivity index (χ4n) is 4.98. The van der Waals surface area contributed by atoms with Crippen molar-refractivity contribution in [3.8, 4) is 5.75 Å². The Kier molecular flexibility index (Phi) is 8.58. The second-order valence-electron chi connectivity index (χ2n) is 9.50. The number of hydrogen-bond donors (Lipinski definition) is 0. The topological polar surface area (TPSA) is 59.6 Å². The van der Waals surface area contributed by atoms with Crippen molar-refractivity contribution in [2.24, 2.45) is 0 Å². The van der Waals surface area contributed by atoms with Gasteiger partial charge < -0.3 is 14.5 Å². The summed E-state index contributed by atoms with van der Waals surface area (Å²) in [4.78, 5) is 36.3. The maximum absolute atomic E-state index is 12.8. The largest absolute Gasteiger partial charge is 0.497 e. The van der Waals surface area contributed by atoms with Gasteiger partial charge in [-0.1, -0.05) is 12.1 Å². The highest BCUT2D eigenvalue weighted by Gasteiger charge is 2.26. The van der Waals surface area contributed by atoms with Crippen LogP contribution < -0.4 is 4.74 Å². The van der Waals surface area contributed by atoms with Crippen LogP contribution in [-0.4, -0.2) is 122 Å². The van der Waals surface area contributed by atoms with Crippen molar-refractivity contribution >= 4 is 11.8 Å². The molecule has 8 nitrogen and oxygen atoms in total. The van der Waals surface area contributed by atoms with Crippen molar-refractivity contribution in [3.63, 3.8) is 0 Å². The average Bonchev–Trinajstić information content (AvgIpc) is 2.86. The molecule has 1 aromatic rings. The van der Waals surface area contributed by atoms with Crippen LogP contribution in [0.3, 0.4) is 0 Å². The minimum absolute atomic E-state index is 0.233. The van der Waals surface area contributed by atoms with Crippen LogP contribution in [0.4, 0.5) is 0 Å². The highest BCUT2D eigenvalue weighted by atomic mass is 16.5. The molecule has 33 heavy (non-hydrogen) atoms. The van der Waals surface area contributed by atoms with Crippen LogP contribution in [0.2, 0.25) is 0 Å². The van der Waals surface area contributed by atoms with Gasteiger partial charge in [-0.2, -0.15) is 0 Å². The van der Waals surface area contributed by atoms with Gasteiger partial charge in [-0.3, -0.25) is 24.3 Å². The number of nitrogens with zero attached hydrogens (tertiary/aromatic N) is 5. The van der Waals surface area contributed by atoms with E-state index >= 15 is 0 Å². The number of piperidine rings is 1. The van der Waals surface area contributed by atoms with Gasteiger partial charge in [0.05, 0.1) is 20.2 Å². The minimum Gasteiger partial charge on any atom is -0.497 e. The number of ether oxygens (including phenoxy) is 1. The molecular formula is C25H39N5O3. The van der Waals surface area contributed by atoms with Gasteiger partial charge in [-0.25, -0.2) is 0 Å². The van der Waals surface area contributed by atoms with E-state index in [4.69, 9.17) is 4.74 Å². The molecule has 0 saturated carbocycles. The third-order valence-corrected chi connectivity index (χ3v) is 7.18. The number of amides is 2. The molecule has 8 heteroatoms.